The van der Waals surface area contributed by atoms with Crippen LogP contribution in [0, 0.1) is 0 Å². The first-order chi connectivity index (χ1) is 8.19. The van der Waals surface area contributed by atoms with Gasteiger partial charge in [0, 0.05) is 7.05 Å². The number of aryl methyl sites for hydroxylation is 1. The number of anilines is 2. The van der Waals surface area contributed by atoms with Gasteiger partial charge in [0.15, 0.2) is 0 Å². The number of tetrazole rings is 1. The number of carbonyl (C=O) groups excluding carboxylic acids is 1. The van der Waals surface area contributed by atoms with Gasteiger partial charge in [-0.15, -0.1) is 5.10 Å². The largest absolute Gasteiger partial charge is 0.372 e. The molecule has 17 heavy (non-hydrogen) atoms. The molecule has 9 heteroatoms. The van der Waals surface area contributed by atoms with Crippen LogP contribution >= 0.6 is 0 Å². The fourth-order valence-corrected chi connectivity index (χ4v) is 1.07. The quantitative estimate of drug-likeness (QED) is 0.721. The van der Waals surface area contributed by atoms with Gasteiger partial charge in [-0.1, -0.05) is 5.10 Å². The summed E-state index contributed by atoms with van der Waals surface area (Å²) in [5, 5.41) is 16.3. The van der Waals surface area contributed by atoms with E-state index in [1.807, 2.05) is 0 Å². The average molecular weight is 234 g/mol. The summed E-state index contributed by atoms with van der Waals surface area (Å²) in [7, 11) is 3.32. The van der Waals surface area contributed by atoms with E-state index in [-0.39, 0.29) is 11.6 Å². The monoisotopic (exact) mass is 234 g/mol. The fourth-order valence-electron chi connectivity index (χ4n) is 1.07. The third-order valence-corrected chi connectivity index (χ3v) is 1.87. The summed E-state index contributed by atoms with van der Waals surface area (Å²) in [5.74, 6) is 0.268. The standard InChI is InChI=1S/C8H10N8O/c1-9-6-4-10-5(3-11-6)7(17)12-8-13-15-16(2)14-8/h3-4H,1-2H3,(H,9,11)(H,12,14,17). The molecule has 0 atom stereocenters. The summed E-state index contributed by atoms with van der Waals surface area (Å²) in [6.07, 6.45) is 2.82. The third-order valence-electron chi connectivity index (χ3n) is 1.87. The van der Waals surface area contributed by atoms with Gasteiger partial charge in [-0.05, 0) is 5.21 Å². The van der Waals surface area contributed by atoms with Crippen molar-refractivity contribution in [2.45, 2.75) is 0 Å². The normalized spacial score (nSPS) is 10.0. The van der Waals surface area contributed by atoms with E-state index in [0.717, 1.165) is 0 Å². The first-order valence-electron chi connectivity index (χ1n) is 4.74. The molecular weight excluding hydrogens is 224 g/mol. The predicted octanol–water partition coefficient (Wildman–Crippen LogP) is -0.706. The Kier molecular flexibility index (Phi) is 2.90. The third kappa shape index (κ3) is 2.51. The van der Waals surface area contributed by atoms with Gasteiger partial charge in [0.2, 0.25) is 0 Å². The van der Waals surface area contributed by atoms with Crippen molar-refractivity contribution in [3.63, 3.8) is 0 Å². The number of amides is 1. The van der Waals surface area contributed by atoms with Crippen molar-refractivity contribution in [1.82, 2.24) is 30.2 Å². The number of hydrogen-bond donors (Lipinski definition) is 2. The van der Waals surface area contributed by atoms with Crippen LogP contribution < -0.4 is 10.6 Å². The second-order valence-electron chi connectivity index (χ2n) is 3.09. The maximum atomic E-state index is 11.7. The second-order valence-corrected chi connectivity index (χ2v) is 3.09. The zero-order valence-corrected chi connectivity index (χ0v) is 9.25. The highest BCUT2D eigenvalue weighted by molar-refractivity contribution is 6.01. The number of carbonyl (C=O) groups is 1. The predicted molar refractivity (Wildman–Crippen MR) is 58.3 cm³/mol. The summed E-state index contributed by atoms with van der Waals surface area (Å²) in [4.78, 5) is 20.8. The number of nitrogens with one attached hydrogen (secondary N) is 2. The summed E-state index contributed by atoms with van der Waals surface area (Å²) in [6.45, 7) is 0. The highest BCUT2D eigenvalue weighted by atomic mass is 16.2. The molecule has 0 saturated heterocycles. The molecule has 2 aromatic rings. The maximum absolute atomic E-state index is 11.7. The smallest absolute Gasteiger partial charge is 0.278 e. The van der Waals surface area contributed by atoms with Crippen LogP contribution in [0.3, 0.4) is 0 Å². The highest BCUT2D eigenvalue weighted by Crippen LogP contribution is 2.02. The molecule has 1 amide bonds. The lowest BCUT2D eigenvalue weighted by atomic mass is 10.4. The molecule has 0 bridgehead atoms. The molecule has 2 rings (SSSR count). The van der Waals surface area contributed by atoms with Crippen molar-refractivity contribution in [2.75, 3.05) is 17.7 Å². The Balaban J connectivity index is 2.09. The van der Waals surface area contributed by atoms with Crippen molar-refractivity contribution < 1.29 is 4.79 Å². The number of nitrogens with zero attached hydrogens (tertiary/aromatic N) is 6. The van der Waals surface area contributed by atoms with Crippen molar-refractivity contribution in [3.8, 4) is 0 Å². The highest BCUT2D eigenvalue weighted by Gasteiger charge is 2.10. The maximum Gasteiger partial charge on any atom is 0.278 e. The minimum Gasteiger partial charge on any atom is -0.372 e. The van der Waals surface area contributed by atoms with Crippen molar-refractivity contribution in [2.24, 2.45) is 7.05 Å². The first-order valence-corrected chi connectivity index (χ1v) is 4.74. The minimum atomic E-state index is -0.437. The van der Waals surface area contributed by atoms with E-state index < -0.39 is 5.91 Å². The van der Waals surface area contributed by atoms with E-state index in [4.69, 9.17) is 0 Å². The Morgan fingerprint density at radius 2 is 2.18 bits per heavy atom. The Labute approximate surface area is 96.3 Å². The van der Waals surface area contributed by atoms with E-state index in [1.54, 1.807) is 14.1 Å². The van der Waals surface area contributed by atoms with Gasteiger partial charge < -0.3 is 5.32 Å². The van der Waals surface area contributed by atoms with E-state index >= 15 is 0 Å². The van der Waals surface area contributed by atoms with Gasteiger partial charge in [0.1, 0.15) is 11.5 Å². The summed E-state index contributed by atoms with van der Waals surface area (Å²) in [5.41, 5.74) is 0.177. The van der Waals surface area contributed by atoms with E-state index in [9.17, 15) is 4.79 Å². The Morgan fingerprint density at radius 1 is 1.35 bits per heavy atom. The lowest BCUT2D eigenvalue weighted by Crippen LogP contribution is -2.15. The second kappa shape index (κ2) is 4.51. The van der Waals surface area contributed by atoms with Gasteiger partial charge >= 0.3 is 0 Å². The van der Waals surface area contributed by atoms with Crippen molar-refractivity contribution in [1.29, 1.82) is 0 Å². The minimum absolute atomic E-state index is 0.122. The molecule has 88 valence electrons. The van der Waals surface area contributed by atoms with Gasteiger partial charge in [0.25, 0.3) is 11.9 Å². The van der Waals surface area contributed by atoms with Crippen LogP contribution in [0.5, 0.6) is 0 Å². The molecule has 0 aliphatic rings. The molecule has 0 unspecified atom stereocenters. The SMILES string of the molecule is CNc1cnc(C(=O)Nc2nnn(C)n2)cn1. The number of aromatic nitrogens is 6. The summed E-state index contributed by atoms with van der Waals surface area (Å²) >= 11 is 0. The van der Waals surface area contributed by atoms with Crippen molar-refractivity contribution >= 4 is 17.7 Å². The Morgan fingerprint density at radius 3 is 2.71 bits per heavy atom. The fraction of sp³-hybridized carbons (Fsp3) is 0.250. The number of hydrogen-bond acceptors (Lipinski definition) is 7. The van der Waals surface area contributed by atoms with Gasteiger partial charge in [-0.3, -0.25) is 10.1 Å². The van der Waals surface area contributed by atoms with Gasteiger partial charge in [-0.2, -0.15) is 4.80 Å². The van der Waals surface area contributed by atoms with Crippen LogP contribution in [-0.2, 0) is 7.05 Å². The van der Waals surface area contributed by atoms with Crippen LogP contribution in [0.15, 0.2) is 12.4 Å². The molecule has 0 fully saturated rings. The van der Waals surface area contributed by atoms with E-state index in [1.165, 1.54) is 17.2 Å². The molecule has 0 aliphatic carbocycles. The zero-order chi connectivity index (χ0) is 12.3. The molecule has 2 N–H and O–H groups in total. The molecule has 0 aromatic carbocycles. The number of rotatable bonds is 3. The zero-order valence-electron chi connectivity index (χ0n) is 9.25. The summed E-state index contributed by atoms with van der Waals surface area (Å²) < 4.78 is 0. The van der Waals surface area contributed by atoms with Crippen LogP contribution in [0.4, 0.5) is 11.8 Å². The summed E-state index contributed by atoms with van der Waals surface area (Å²) in [6, 6.07) is 0. The average Bonchev–Trinajstić information content (AvgIpc) is 2.75. The van der Waals surface area contributed by atoms with E-state index in [0.29, 0.717) is 5.82 Å². The first kappa shape index (κ1) is 10.9. The molecular formula is C8H10N8O. The molecule has 0 radical (unpaired) electrons. The van der Waals surface area contributed by atoms with Gasteiger partial charge in [-0.25, -0.2) is 9.97 Å². The molecule has 2 aromatic heterocycles. The van der Waals surface area contributed by atoms with Crippen LogP contribution in [0.1, 0.15) is 10.5 Å². The van der Waals surface area contributed by atoms with Crippen molar-refractivity contribution in [3.05, 3.63) is 18.1 Å². The Bertz CT molecular complexity index is 519. The molecule has 0 aliphatic heterocycles. The molecule has 2 heterocycles. The van der Waals surface area contributed by atoms with Crippen LogP contribution in [0.2, 0.25) is 0 Å². The molecule has 0 spiro atoms. The van der Waals surface area contributed by atoms with Crippen LogP contribution in [-0.4, -0.2) is 43.1 Å². The lowest BCUT2D eigenvalue weighted by molar-refractivity contribution is 0.102. The lowest BCUT2D eigenvalue weighted by Gasteiger charge is -2.00. The van der Waals surface area contributed by atoms with Crippen LogP contribution in [0.25, 0.3) is 0 Å². The van der Waals surface area contributed by atoms with E-state index in [2.05, 4.69) is 36.0 Å². The molecule has 0 saturated carbocycles. The topological polar surface area (TPSA) is 111 Å². The Hall–Kier alpha value is -2.58. The molecule has 9 nitrogen and oxygen atoms in total. The van der Waals surface area contributed by atoms with Gasteiger partial charge in [0.05, 0.1) is 19.4 Å².